The Morgan fingerprint density at radius 2 is 1.67 bits per heavy atom. The Morgan fingerprint density at radius 3 is 2.33 bits per heavy atom. The summed E-state index contributed by atoms with van der Waals surface area (Å²) in [4.78, 5) is 37.3. The molecule has 0 radical (unpaired) electrons. The van der Waals surface area contributed by atoms with Gasteiger partial charge in [0.1, 0.15) is 10.6 Å². The minimum Gasteiger partial charge on any atom is -0.462 e. The number of ether oxygens (including phenoxy) is 1. The number of nitrogens with one attached hydrogen (secondary N) is 1. The predicted octanol–water partition coefficient (Wildman–Crippen LogP) is 5.50. The van der Waals surface area contributed by atoms with Crippen LogP contribution in [-0.4, -0.2) is 24.3 Å². The molecular formula is C24H23NO4S. The second kappa shape index (κ2) is 9.98. The second-order valence-corrected chi connectivity index (χ2v) is 7.66. The van der Waals surface area contributed by atoms with Crippen molar-refractivity contribution in [3.05, 3.63) is 76.7 Å². The van der Waals surface area contributed by atoms with Crippen molar-refractivity contribution in [2.24, 2.45) is 0 Å². The Kier molecular flexibility index (Phi) is 7.14. The van der Waals surface area contributed by atoms with E-state index in [0.717, 1.165) is 11.1 Å². The van der Waals surface area contributed by atoms with E-state index in [1.165, 1.54) is 11.3 Å². The number of hydrogen-bond acceptors (Lipinski definition) is 5. The van der Waals surface area contributed by atoms with Crippen molar-refractivity contribution in [2.75, 3.05) is 11.9 Å². The summed E-state index contributed by atoms with van der Waals surface area (Å²) < 4.78 is 5.20. The third-order valence-corrected chi connectivity index (χ3v) is 5.46. The molecule has 0 spiro atoms. The molecule has 3 rings (SSSR count). The number of amides is 1. The van der Waals surface area contributed by atoms with E-state index in [1.807, 2.05) is 54.8 Å². The molecule has 6 heteroatoms. The summed E-state index contributed by atoms with van der Waals surface area (Å²) >= 11 is 1.27. The van der Waals surface area contributed by atoms with Crippen LogP contribution in [0.5, 0.6) is 0 Å². The Hall–Kier alpha value is -3.25. The number of rotatable bonds is 8. The predicted molar refractivity (Wildman–Crippen MR) is 119 cm³/mol. The van der Waals surface area contributed by atoms with E-state index >= 15 is 0 Å². The number of hydrogen-bond donors (Lipinski definition) is 1. The van der Waals surface area contributed by atoms with Crippen molar-refractivity contribution in [3.63, 3.8) is 0 Å². The lowest BCUT2D eigenvalue weighted by atomic mass is 10.0. The van der Waals surface area contributed by atoms with Gasteiger partial charge in [-0.25, -0.2) is 4.79 Å². The second-order valence-electron chi connectivity index (χ2n) is 6.78. The van der Waals surface area contributed by atoms with Gasteiger partial charge in [-0.1, -0.05) is 60.2 Å². The number of thiophene rings is 1. The van der Waals surface area contributed by atoms with Gasteiger partial charge in [0.2, 0.25) is 5.91 Å². The molecule has 30 heavy (non-hydrogen) atoms. The van der Waals surface area contributed by atoms with Gasteiger partial charge < -0.3 is 10.1 Å². The lowest BCUT2D eigenvalue weighted by Gasteiger charge is -2.09. The first kappa shape index (κ1) is 21.5. The molecular weight excluding hydrogens is 398 g/mol. The van der Waals surface area contributed by atoms with Crippen LogP contribution in [0, 0.1) is 6.92 Å². The molecule has 1 heterocycles. The van der Waals surface area contributed by atoms with Crippen LogP contribution < -0.4 is 5.32 Å². The number of benzene rings is 2. The van der Waals surface area contributed by atoms with Crippen molar-refractivity contribution >= 4 is 34.0 Å². The fraction of sp³-hybridized carbons (Fsp3) is 0.208. The minimum absolute atomic E-state index is 0.0353. The number of aryl methyl sites for hydroxylation is 1. The van der Waals surface area contributed by atoms with Crippen LogP contribution in [0.25, 0.3) is 11.1 Å². The summed E-state index contributed by atoms with van der Waals surface area (Å²) in [6, 6.07) is 16.7. The zero-order valence-corrected chi connectivity index (χ0v) is 17.8. The maximum absolute atomic E-state index is 12.6. The van der Waals surface area contributed by atoms with Crippen molar-refractivity contribution in [1.82, 2.24) is 0 Å². The van der Waals surface area contributed by atoms with Gasteiger partial charge in [0.25, 0.3) is 0 Å². The molecule has 5 nitrogen and oxygen atoms in total. The van der Waals surface area contributed by atoms with Gasteiger partial charge in [0.15, 0.2) is 5.78 Å². The summed E-state index contributed by atoms with van der Waals surface area (Å²) in [7, 11) is 0. The normalized spacial score (nSPS) is 10.5. The van der Waals surface area contributed by atoms with Crippen LogP contribution in [0.15, 0.2) is 60.0 Å². The van der Waals surface area contributed by atoms with Crippen molar-refractivity contribution in [2.45, 2.75) is 26.7 Å². The first-order valence-corrected chi connectivity index (χ1v) is 10.6. The van der Waals surface area contributed by atoms with Gasteiger partial charge in [-0.05, 0) is 19.4 Å². The number of carbonyl (C=O) groups is 3. The Morgan fingerprint density at radius 1 is 0.967 bits per heavy atom. The number of anilines is 1. The van der Waals surface area contributed by atoms with Crippen LogP contribution in [0.2, 0.25) is 0 Å². The molecule has 1 N–H and O–H groups in total. The first-order chi connectivity index (χ1) is 14.5. The molecule has 0 saturated heterocycles. The number of carbonyl (C=O) groups excluding carboxylic acids is 3. The zero-order valence-electron chi connectivity index (χ0n) is 16.9. The molecule has 0 aliphatic heterocycles. The minimum atomic E-state index is -0.483. The van der Waals surface area contributed by atoms with Crippen LogP contribution >= 0.6 is 11.3 Å². The molecule has 3 aromatic rings. The van der Waals surface area contributed by atoms with Crippen LogP contribution in [0.1, 0.15) is 46.0 Å². The SMILES string of the molecule is CCOC(=O)c1c(-c2ccccc2)csc1NC(=O)CCC(=O)c1ccc(C)cc1. The quantitative estimate of drug-likeness (QED) is 0.385. The monoisotopic (exact) mass is 421 g/mol. The molecule has 0 atom stereocenters. The molecule has 1 aromatic heterocycles. The van der Waals surface area contributed by atoms with Gasteiger partial charge in [-0.2, -0.15) is 0 Å². The van der Waals surface area contributed by atoms with Crippen molar-refractivity contribution in [3.8, 4) is 11.1 Å². The molecule has 154 valence electrons. The highest BCUT2D eigenvalue weighted by Crippen LogP contribution is 2.36. The molecule has 2 aromatic carbocycles. The van der Waals surface area contributed by atoms with Gasteiger partial charge in [0, 0.05) is 29.3 Å². The highest BCUT2D eigenvalue weighted by molar-refractivity contribution is 7.15. The Bertz CT molecular complexity index is 1040. The topological polar surface area (TPSA) is 72.5 Å². The van der Waals surface area contributed by atoms with E-state index in [1.54, 1.807) is 19.1 Å². The smallest absolute Gasteiger partial charge is 0.341 e. The summed E-state index contributed by atoms with van der Waals surface area (Å²) in [6.45, 7) is 3.93. The van der Waals surface area contributed by atoms with Gasteiger partial charge in [-0.15, -0.1) is 11.3 Å². The number of Topliss-reactive ketones (excluding diaryl/α,β-unsaturated/α-hetero) is 1. The average Bonchev–Trinajstić information content (AvgIpc) is 3.17. The van der Waals surface area contributed by atoms with Crippen molar-refractivity contribution < 1.29 is 19.1 Å². The molecule has 0 aliphatic rings. The lowest BCUT2D eigenvalue weighted by Crippen LogP contribution is -2.15. The van der Waals surface area contributed by atoms with Crippen LogP contribution in [0.3, 0.4) is 0 Å². The maximum Gasteiger partial charge on any atom is 0.341 e. The molecule has 0 saturated carbocycles. The van der Waals surface area contributed by atoms with E-state index in [-0.39, 0.29) is 31.1 Å². The fourth-order valence-corrected chi connectivity index (χ4v) is 3.96. The largest absolute Gasteiger partial charge is 0.462 e. The Balaban J connectivity index is 1.73. The molecule has 0 bridgehead atoms. The van der Waals surface area contributed by atoms with E-state index in [9.17, 15) is 14.4 Å². The highest BCUT2D eigenvalue weighted by atomic mass is 32.1. The number of ketones is 1. The van der Waals surface area contributed by atoms with Gasteiger partial charge >= 0.3 is 5.97 Å². The van der Waals surface area contributed by atoms with Crippen LogP contribution in [-0.2, 0) is 9.53 Å². The van der Waals surface area contributed by atoms with E-state index in [4.69, 9.17) is 4.74 Å². The van der Waals surface area contributed by atoms with E-state index in [2.05, 4.69) is 5.32 Å². The number of esters is 1. The summed E-state index contributed by atoms with van der Waals surface area (Å²) in [5.74, 6) is -0.891. The van der Waals surface area contributed by atoms with Crippen molar-refractivity contribution in [1.29, 1.82) is 0 Å². The summed E-state index contributed by atoms with van der Waals surface area (Å²) in [6.07, 6.45) is 0.133. The first-order valence-electron chi connectivity index (χ1n) is 9.73. The fourth-order valence-electron chi connectivity index (χ4n) is 2.99. The molecule has 0 fully saturated rings. The van der Waals surface area contributed by atoms with Gasteiger partial charge in [0.05, 0.1) is 6.61 Å². The Labute approximate surface area is 179 Å². The zero-order chi connectivity index (χ0) is 21.5. The highest BCUT2D eigenvalue weighted by Gasteiger charge is 2.23. The maximum atomic E-state index is 12.6. The third kappa shape index (κ3) is 5.21. The lowest BCUT2D eigenvalue weighted by molar-refractivity contribution is -0.116. The van der Waals surface area contributed by atoms with E-state index < -0.39 is 5.97 Å². The summed E-state index contributed by atoms with van der Waals surface area (Å²) in [5, 5.41) is 5.04. The van der Waals surface area contributed by atoms with Gasteiger partial charge in [-0.3, -0.25) is 9.59 Å². The third-order valence-electron chi connectivity index (χ3n) is 4.56. The summed E-state index contributed by atoms with van der Waals surface area (Å²) in [5.41, 5.74) is 3.58. The molecule has 1 amide bonds. The standard InChI is InChI=1S/C24H23NO4S/c1-3-29-24(28)22-19(17-7-5-4-6-8-17)15-30-23(22)25-21(27)14-13-20(26)18-11-9-16(2)10-12-18/h4-12,15H,3,13-14H2,1-2H3,(H,25,27). The molecule has 0 unspecified atom stereocenters. The van der Waals surface area contributed by atoms with E-state index in [0.29, 0.717) is 21.7 Å². The average molecular weight is 422 g/mol. The van der Waals surface area contributed by atoms with Crippen LogP contribution in [0.4, 0.5) is 5.00 Å². The molecule has 0 aliphatic carbocycles.